The number of hydrogen-bond donors (Lipinski definition) is 1. The summed E-state index contributed by atoms with van der Waals surface area (Å²) in [7, 11) is 0. The molecule has 0 atom stereocenters. The first-order valence-corrected chi connectivity index (χ1v) is 10.8. The Morgan fingerprint density at radius 1 is 1.13 bits per heavy atom. The van der Waals surface area contributed by atoms with E-state index in [1.807, 2.05) is 30.3 Å². The Bertz CT molecular complexity index is 1420. The highest BCUT2D eigenvalue weighted by Gasteiger charge is 2.12. The third-order valence-corrected chi connectivity index (χ3v) is 6.25. The van der Waals surface area contributed by atoms with E-state index < -0.39 is 6.09 Å². The van der Waals surface area contributed by atoms with E-state index in [0.29, 0.717) is 22.9 Å². The van der Waals surface area contributed by atoms with E-state index in [1.54, 1.807) is 28.4 Å². The van der Waals surface area contributed by atoms with Crippen molar-refractivity contribution in [3.8, 4) is 16.5 Å². The fraction of sp³-hybridized carbons (Fsp3) is 0.0500. The molecule has 0 aliphatic rings. The zero-order valence-corrected chi connectivity index (χ0v) is 17.4. The molecule has 11 heteroatoms. The summed E-state index contributed by atoms with van der Waals surface area (Å²) in [6.07, 6.45) is -0.889. The van der Waals surface area contributed by atoms with Crippen LogP contribution in [0.5, 0.6) is 5.19 Å². The lowest BCUT2D eigenvalue weighted by Gasteiger charge is -2.04. The van der Waals surface area contributed by atoms with Crippen molar-refractivity contribution in [1.82, 2.24) is 24.8 Å². The summed E-state index contributed by atoms with van der Waals surface area (Å²) in [4.78, 5) is 16.1. The number of carbonyl (C=O) groups excluding carboxylic acids is 1. The number of thioether (sulfide) groups is 1. The molecule has 31 heavy (non-hydrogen) atoms. The minimum atomic E-state index is -0.889. The zero-order chi connectivity index (χ0) is 21.4. The lowest BCUT2D eigenvalue weighted by molar-refractivity contribution is 0.211. The minimum Gasteiger partial charge on any atom is -0.381 e. The Morgan fingerprint density at radius 2 is 1.97 bits per heavy atom. The van der Waals surface area contributed by atoms with Crippen LogP contribution in [0.15, 0.2) is 59.5 Å². The molecule has 1 amide bonds. The van der Waals surface area contributed by atoms with Gasteiger partial charge < -0.3 is 10.5 Å². The van der Waals surface area contributed by atoms with E-state index >= 15 is 0 Å². The molecule has 0 saturated carbocycles. The van der Waals surface area contributed by atoms with Crippen LogP contribution >= 0.6 is 23.1 Å². The molecule has 8 nitrogen and oxygen atoms in total. The highest BCUT2D eigenvalue weighted by Crippen LogP contribution is 2.32. The number of carbonyl (C=O) groups is 1. The van der Waals surface area contributed by atoms with Gasteiger partial charge in [-0.05, 0) is 54.6 Å². The molecule has 3 heterocycles. The number of nitrogens with two attached hydrogens (primary N) is 1. The van der Waals surface area contributed by atoms with Crippen molar-refractivity contribution in [3.05, 3.63) is 66.2 Å². The Morgan fingerprint density at radius 3 is 2.77 bits per heavy atom. The molecule has 5 rings (SSSR count). The summed E-state index contributed by atoms with van der Waals surface area (Å²) in [5.74, 6) is 0.930. The number of halogens is 1. The van der Waals surface area contributed by atoms with Crippen molar-refractivity contribution in [2.75, 3.05) is 0 Å². The standard InChI is InChI=1S/C20H13FN6O2S2/c21-12-3-1-11(2-4-12)14-7-8-17-24-25-18(27(17)26-14)10-30-13-5-6-15-16(9-13)31-20(23-15)29-19(22)28/h1-9H,10H2,(H2,22,28). The minimum absolute atomic E-state index is 0.214. The topological polar surface area (TPSA) is 108 Å². The van der Waals surface area contributed by atoms with Gasteiger partial charge in [0.05, 0.1) is 21.7 Å². The summed E-state index contributed by atoms with van der Waals surface area (Å²) >= 11 is 2.81. The predicted octanol–water partition coefficient (Wildman–Crippen LogP) is 4.29. The average Bonchev–Trinajstić information content (AvgIpc) is 3.34. The summed E-state index contributed by atoms with van der Waals surface area (Å²) in [6.45, 7) is 0. The fourth-order valence-electron chi connectivity index (χ4n) is 2.95. The highest BCUT2D eigenvalue weighted by molar-refractivity contribution is 7.98. The van der Waals surface area contributed by atoms with Crippen LogP contribution in [-0.4, -0.2) is 30.9 Å². The Balaban J connectivity index is 1.38. The van der Waals surface area contributed by atoms with E-state index in [1.165, 1.54) is 23.5 Å². The monoisotopic (exact) mass is 452 g/mol. The van der Waals surface area contributed by atoms with Crippen LogP contribution in [0.25, 0.3) is 27.1 Å². The largest absolute Gasteiger partial charge is 0.411 e. The first-order chi connectivity index (χ1) is 15.0. The van der Waals surface area contributed by atoms with Crippen LogP contribution < -0.4 is 10.5 Å². The lowest BCUT2D eigenvalue weighted by atomic mass is 10.1. The molecule has 0 aliphatic heterocycles. The second kappa shape index (κ2) is 7.93. The van der Waals surface area contributed by atoms with Gasteiger partial charge in [0.25, 0.3) is 5.19 Å². The van der Waals surface area contributed by atoms with Crippen LogP contribution in [0.2, 0.25) is 0 Å². The second-order valence-electron chi connectivity index (χ2n) is 6.43. The van der Waals surface area contributed by atoms with Crippen molar-refractivity contribution < 1.29 is 13.9 Å². The molecule has 2 N–H and O–H groups in total. The predicted molar refractivity (Wildman–Crippen MR) is 116 cm³/mol. The van der Waals surface area contributed by atoms with Crippen LogP contribution in [0.1, 0.15) is 5.82 Å². The smallest absolute Gasteiger partial charge is 0.381 e. The van der Waals surface area contributed by atoms with E-state index in [9.17, 15) is 9.18 Å². The van der Waals surface area contributed by atoms with Crippen molar-refractivity contribution in [2.45, 2.75) is 10.6 Å². The first kappa shape index (κ1) is 19.4. The molecule has 0 saturated heterocycles. The molecule has 0 radical (unpaired) electrons. The summed E-state index contributed by atoms with van der Waals surface area (Å²) in [5.41, 5.74) is 7.91. The Kier molecular flexibility index (Phi) is 4.96. The van der Waals surface area contributed by atoms with Crippen molar-refractivity contribution in [3.63, 3.8) is 0 Å². The fourth-order valence-corrected chi connectivity index (χ4v) is 4.73. The molecule has 5 aromatic rings. The van der Waals surface area contributed by atoms with Gasteiger partial charge in [-0.3, -0.25) is 0 Å². The molecule has 0 unspecified atom stereocenters. The molecule has 3 aromatic heterocycles. The lowest BCUT2D eigenvalue weighted by Crippen LogP contribution is -2.15. The molecule has 0 bridgehead atoms. The third kappa shape index (κ3) is 4.05. The Labute approximate surface area is 182 Å². The van der Waals surface area contributed by atoms with E-state index in [0.717, 1.165) is 20.7 Å². The van der Waals surface area contributed by atoms with E-state index in [-0.39, 0.29) is 11.0 Å². The number of thiazole rings is 1. The molecular formula is C20H13FN6O2S2. The number of rotatable bonds is 5. The van der Waals surface area contributed by atoms with Crippen LogP contribution in [-0.2, 0) is 5.75 Å². The molecule has 0 aliphatic carbocycles. The zero-order valence-electron chi connectivity index (χ0n) is 15.7. The number of aromatic nitrogens is 5. The highest BCUT2D eigenvalue weighted by atomic mass is 32.2. The SMILES string of the molecule is NC(=O)Oc1nc2ccc(SCc3nnc4ccc(-c5ccc(F)cc5)nn34)cc2s1. The molecule has 0 spiro atoms. The van der Waals surface area contributed by atoms with Crippen molar-refractivity contribution in [1.29, 1.82) is 0 Å². The number of nitrogens with zero attached hydrogens (tertiary/aromatic N) is 5. The first-order valence-electron chi connectivity index (χ1n) is 9.03. The van der Waals surface area contributed by atoms with Gasteiger partial charge in [0.1, 0.15) is 5.82 Å². The summed E-state index contributed by atoms with van der Waals surface area (Å²) < 4.78 is 20.6. The maximum atomic E-state index is 13.2. The van der Waals surface area contributed by atoms with Gasteiger partial charge in [-0.2, -0.15) is 9.61 Å². The molecule has 0 fully saturated rings. The van der Waals surface area contributed by atoms with E-state index in [4.69, 9.17) is 10.5 Å². The van der Waals surface area contributed by atoms with Crippen molar-refractivity contribution in [2.24, 2.45) is 5.73 Å². The number of amides is 1. The van der Waals surface area contributed by atoms with Gasteiger partial charge in [-0.1, -0.05) is 11.3 Å². The summed E-state index contributed by atoms with van der Waals surface area (Å²) in [5, 5.41) is 13.2. The van der Waals surface area contributed by atoms with Gasteiger partial charge in [0, 0.05) is 10.5 Å². The van der Waals surface area contributed by atoms with Gasteiger partial charge >= 0.3 is 6.09 Å². The number of benzene rings is 2. The maximum Gasteiger partial charge on any atom is 0.411 e. The third-order valence-electron chi connectivity index (χ3n) is 4.36. The van der Waals surface area contributed by atoms with Crippen LogP contribution in [0, 0.1) is 5.82 Å². The van der Waals surface area contributed by atoms with E-state index in [2.05, 4.69) is 20.3 Å². The number of fused-ring (bicyclic) bond motifs is 2. The molecular weight excluding hydrogens is 439 g/mol. The van der Waals surface area contributed by atoms with Gasteiger partial charge in [0.15, 0.2) is 11.5 Å². The molecule has 2 aromatic carbocycles. The van der Waals surface area contributed by atoms with Gasteiger partial charge in [-0.15, -0.1) is 22.0 Å². The Hall–Kier alpha value is -3.57. The molecule has 154 valence electrons. The van der Waals surface area contributed by atoms with Crippen LogP contribution in [0.4, 0.5) is 9.18 Å². The second-order valence-corrected chi connectivity index (χ2v) is 8.47. The van der Waals surface area contributed by atoms with Crippen molar-refractivity contribution >= 4 is 45.1 Å². The summed E-state index contributed by atoms with van der Waals surface area (Å²) in [6, 6.07) is 15.6. The quantitative estimate of drug-likeness (QED) is 0.396. The normalized spacial score (nSPS) is 11.3. The van der Waals surface area contributed by atoms with Crippen LogP contribution in [0.3, 0.4) is 0 Å². The van der Waals surface area contributed by atoms with Gasteiger partial charge in [0.2, 0.25) is 0 Å². The average molecular weight is 452 g/mol. The number of ether oxygens (including phenoxy) is 1. The number of primary amides is 1. The van der Waals surface area contributed by atoms with Gasteiger partial charge in [-0.25, -0.2) is 14.2 Å². The maximum absolute atomic E-state index is 13.2. The number of hydrogen-bond acceptors (Lipinski definition) is 8.